The van der Waals surface area contributed by atoms with Crippen molar-refractivity contribution < 1.29 is 28.5 Å². The van der Waals surface area contributed by atoms with Crippen LogP contribution in [0.25, 0.3) is 0 Å². The van der Waals surface area contributed by atoms with E-state index < -0.39 is 0 Å². The summed E-state index contributed by atoms with van der Waals surface area (Å²) in [6.07, 6.45) is 2.06. The quantitative estimate of drug-likeness (QED) is 0.568. The van der Waals surface area contributed by atoms with E-state index >= 15 is 0 Å². The van der Waals surface area contributed by atoms with E-state index in [2.05, 4.69) is 17.4 Å². The maximum Gasteiger partial charge on any atom is 0.231 e. The Kier molecular flexibility index (Phi) is 7.16. The van der Waals surface area contributed by atoms with Gasteiger partial charge in [-0.1, -0.05) is 37.3 Å². The average molecular weight is 495 g/mol. The number of methoxy groups -OCH3 is 1. The molecule has 1 aliphatic carbocycles. The van der Waals surface area contributed by atoms with Crippen LogP contribution in [0.15, 0.2) is 42.5 Å². The van der Waals surface area contributed by atoms with E-state index in [9.17, 15) is 9.59 Å². The Morgan fingerprint density at radius 2 is 1.86 bits per heavy atom. The number of nitrogens with one attached hydrogen (secondary N) is 1. The van der Waals surface area contributed by atoms with Crippen molar-refractivity contribution in [1.82, 2.24) is 10.2 Å². The molecule has 1 saturated heterocycles. The smallest absolute Gasteiger partial charge is 0.231 e. The molecule has 0 bridgehead atoms. The third-order valence-corrected chi connectivity index (χ3v) is 7.70. The van der Waals surface area contributed by atoms with Gasteiger partial charge in [-0.15, -0.1) is 0 Å². The summed E-state index contributed by atoms with van der Waals surface area (Å²) >= 11 is 0. The van der Waals surface area contributed by atoms with Crippen LogP contribution in [0.5, 0.6) is 11.5 Å². The molecular weight excluding hydrogens is 460 g/mol. The number of likely N-dealkylation sites (tertiary alicyclic amines) is 1. The summed E-state index contributed by atoms with van der Waals surface area (Å²) in [5, 5.41) is 3.21. The van der Waals surface area contributed by atoms with Gasteiger partial charge in [0, 0.05) is 32.0 Å². The lowest BCUT2D eigenvalue weighted by Crippen LogP contribution is -2.52. The summed E-state index contributed by atoms with van der Waals surface area (Å²) < 4.78 is 22.5. The van der Waals surface area contributed by atoms with Gasteiger partial charge in [-0.05, 0) is 41.7 Å². The van der Waals surface area contributed by atoms with Crippen LogP contribution in [0, 0.1) is 0 Å². The zero-order valence-electron chi connectivity index (χ0n) is 21.0. The normalized spacial score (nSPS) is 21.4. The van der Waals surface area contributed by atoms with E-state index in [1.807, 2.05) is 42.2 Å². The second-order valence-electron chi connectivity index (χ2n) is 9.67. The molecule has 2 aliphatic heterocycles. The number of nitrogens with zero attached hydrogens (tertiary/aromatic N) is 1. The minimum absolute atomic E-state index is 0.00327. The fourth-order valence-corrected chi connectivity index (χ4v) is 5.85. The molecule has 0 aromatic heterocycles. The molecule has 0 unspecified atom stereocenters. The van der Waals surface area contributed by atoms with Gasteiger partial charge in [-0.3, -0.25) is 9.59 Å². The Morgan fingerprint density at radius 1 is 1.08 bits per heavy atom. The molecule has 5 rings (SSSR count). The van der Waals surface area contributed by atoms with Gasteiger partial charge in [0.05, 0.1) is 31.8 Å². The van der Waals surface area contributed by atoms with Crippen molar-refractivity contribution in [2.45, 2.75) is 50.2 Å². The number of carbonyl (C=O) groups is 2. The summed E-state index contributed by atoms with van der Waals surface area (Å²) in [6, 6.07) is 13.8. The Labute approximate surface area is 211 Å². The van der Waals surface area contributed by atoms with E-state index in [1.165, 1.54) is 5.56 Å². The molecule has 1 N–H and O–H groups in total. The molecule has 2 atom stereocenters. The third kappa shape index (κ3) is 4.55. The second-order valence-corrected chi connectivity index (χ2v) is 9.67. The van der Waals surface area contributed by atoms with Crippen molar-refractivity contribution in [2.24, 2.45) is 0 Å². The molecule has 1 fully saturated rings. The SMILES string of the molecule is CCC(=O)N[C@H]1c2ccccc2C2(CCN(C(=O)Cc3ccc4c(c3)OCO4)CC2)[C@@H]1OCCOC. The molecule has 36 heavy (non-hydrogen) atoms. The molecule has 0 radical (unpaired) electrons. The Bertz CT molecular complexity index is 1110. The first-order valence-electron chi connectivity index (χ1n) is 12.7. The van der Waals surface area contributed by atoms with Crippen molar-refractivity contribution in [1.29, 1.82) is 0 Å². The molecule has 8 nitrogen and oxygen atoms in total. The van der Waals surface area contributed by atoms with Crippen molar-refractivity contribution in [3.05, 3.63) is 59.2 Å². The van der Waals surface area contributed by atoms with Crippen LogP contribution in [0.3, 0.4) is 0 Å². The van der Waals surface area contributed by atoms with Gasteiger partial charge in [0.1, 0.15) is 0 Å². The molecule has 8 heteroatoms. The first-order chi connectivity index (χ1) is 17.6. The fraction of sp³-hybridized carbons (Fsp3) is 0.500. The van der Waals surface area contributed by atoms with Crippen molar-refractivity contribution in [3.63, 3.8) is 0 Å². The highest BCUT2D eigenvalue weighted by Crippen LogP contribution is 2.52. The molecular formula is C28H34N2O6. The summed E-state index contributed by atoms with van der Waals surface area (Å²) in [6.45, 7) is 4.28. The minimum atomic E-state index is -0.272. The molecule has 2 aromatic rings. The van der Waals surface area contributed by atoms with Crippen LogP contribution in [-0.2, 0) is 30.9 Å². The molecule has 2 aromatic carbocycles. The maximum absolute atomic E-state index is 13.2. The van der Waals surface area contributed by atoms with E-state index in [0.717, 1.165) is 29.7 Å². The average Bonchev–Trinajstić information content (AvgIpc) is 3.46. The van der Waals surface area contributed by atoms with E-state index in [1.54, 1.807) is 7.11 Å². The van der Waals surface area contributed by atoms with E-state index in [-0.39, 0.29) is 36.2 Å². The zero-order valence-corrected chi connectivity index (χ0v) is 21.0. The number of ether oxygens (including phenoxy) is 4. The summed E-state index contributed by atoms with van der Waals surface area (Å²) in [5.74, 6) is 1.51. The maximum atomic E-state index is 13.2. The van der Waals surface area contributed by atoms with Crippen molar-refractivity contribution in [3.8, 4) is 11.5 Å². The van der Waals surface area contributed by atoms with Crippen LogP contribution < -0.4 is 14.8 Å². The van der Waals surface area contributed by atoms with Crippen LogP contribution >= 0.6 is 0 Å². The number of amides is 2. The fourth-order valence-electron chi connectivity index (χ4n) is 5.85. The number of fused-ring (bicyclic) bond motifs is 3. The highest BCUT2D eigenvalue weighted by atomic mass is 16.7. The largest absolute Gasteiger partial charge is 0.454 e. The topological polar surface area (TPSA) is 86.3 Å². The van der Waals surface area contributed by atoms with Gasteiger partial charge in [-0.2, -0.15) is 0 Å². The number of carbonyl (C=O) groups excluding carboxylic acids is 2. The lowest BCUT2D eigenvalue weighted by molar-refractivity contribution is -0.133. The predicted molar refractivity (Wildman–Crippen MR) is 133 cm³/mol. The molecule has 192 valence electrons. The van der Waals surface area contributed by atoms with Crippen LogP contribution in [0.4, 0.5) is 0 Å². The molecule has 2 amide bonds. The Hall–Kier alpha value is -3.10. The van der Waals surface area contributed by atoms with Crippen molar-refractivity contribution >= 4 is 11.8 Å². The van der Waals surface area contributed by atoms with Crippen molar-refractivity contribution in [2.75, 3.05) is 40.2 Å². The number of benzene rings is 2. The summed E-state index contributed by atoms with van der Waals surface area (Å²) in [4.78, 5) is 27.6. The number of piperidine rings is 1. The standard InChI is InChI=1S/C28H34N2O6/c1-3-24(31)29-26-20-6-4-5-7-21(20)28(27(26)34-15-14-33-2)10-12-30(13-11-28)25(32)17-19-8-9-22-23(16-19)36-18-35-22/h4-9,16,26-27H,3,10-15,17-18H2,1-2H3,(H,29,31)/t26-,27+/m0/s1. The minimum Gasteiger partial charge on any atom is -0.454 e. The monoisotopic (exact) mass is 494 g/mol. The third-order valence-electron chi connectivity index (χ3n) is 7.70. The van der Waals surface area contributed by atoms with E-state index in [4.69, 9.17) is 18.9 Å². The molecule has 0 saturated carbocycles. The number of rotatable bonds is 8. The highest BCUT2D eigenvalue weighted by molar-refractivity contribution is 5.79. The second kappa shape index (κ2) is 10.5. The Morgan fingerprint density at radius 3 is 2.64 bits per heavy atom. The number of hydrogen-bond acceptors (Lipinski definition) is 6. The molecule has 1 spiro atoms. The van der Waals surface area contributed by atoms with E-state index in [0.29, 0.717) is 44.9 Å². The molecule has 3 aliphatic rings. The molecule has 2 heterocycles. The lowest BCUT2D eigenvalue weighted by Gasteiger charge is -2.44. The van der Waals surface area contributed by atoms with Gasteiger partial charge in [0.2, 0.25) is 18.6 Å². The van der Waals surface area contributed by atoms with Crippen LogP contribution in [-0.4, -0.2) is 63.0 Å². The Balaban J connectivity index is 1.34. The highest BCUT2D eigenvalue weighted by Gasteiger charge is 2.54. The van der Waals surface area contributed by atoms with Gasteiger partial charge >= 0.3 is 0 Å². The van der Waals surface area contributed by atoms with Crippen LogP contribution in [0.2, 0.25) is 0 Å². The predicted octanol–water partition coefficient (Wildman–Crippen LogP) is 3.13. The van der Waals surface area contributed by atoms with Gasteiger partial charge in [0.15, 0.2) is 11.5 Å². The summed E-state index contributed by atoms with van der Waals surface area (Å²) in [7, 11) is 1.66. The van der Waals surface area contributed by atoms with Gasteiger partial charge in [0.25, 0.3) is 0 Å². The zero-order chi connectivity index (χ0) is 25.1. The number of hydrogen-bond donors (Lipinski definition) is 1. The van der Waals surface area contributed by atoms with Gasteiger partial charge in [-0.25, -0.2) is 0 Å². The van der Waals surface area contributed by atoms with Crippen LogP contribution in [0.1, 0.15) is 48.9 Å². The first kappa shape index (κ1) is 24.6. The van der Waals surface area contributed by atoms with Gasteiger partial charge < -0.3 is 29.2 Å². The summed E-state index contributed by atoms with van der Waals surface area (Å²) in [5.41, 5.74) is 2.98. The lowest BCUT2D eigenvalue weighted by atomic mass is 9.71. The first-order valence-corrected chi connectivity index (χ1v) is 12.7.